The second-order valence-corrected chi connectivity index (χ2v) is 9.29. The molecular weight excluding hydrogens is 520 g/mol. The number of nitrogens with one attached hydrogen (secondary N) is 1. The number of aryl methyl sites for hydroxylation is 1. The summed E-state index contributed by atoms with van der Waals surface area (Å²) in [6.07, 6.45) is 0.554. The van der Waals surface area contributed by atoms with Crippen molar-refractivity contribution in [3.05, 3.63) is 87.3 Å². The summed E-state index contributed by atoms with van der Waals surface area (Å²) in [5.41, 5.74) is 2.33. The van der Waals surface area contributed by atoms with Crippen molar-refractivity contribution in [2.75, 3.05) is 27.9 Å². The number of hydrogen-bond donors (Lipinski definition) is 1. The fourth-order valence-electron chi connectivity index (χ4n) is 4.74. The van der Waals surface area contributed by atoms with Crippen LogP contribution in [-0.4, -0.2) is 48.1 Å². The van der Waals surface area contributed by atoms with Gasteiger partial charge in [-0.3, -0.25) is 9.59 Å². The Labute approximate surface area is 229 Å². The van der Waals surface area contributed by atoms with Crippen molar-refractivity contribution in [1.82, 2.24) is 19.7 Å². The average Bonchev–Trinajstić information content (AvgIpc) is 3.26. The second-order valence-electron chi connectivity index (χ2n) is 8.88. The molecule has 0 saturated carbocycles. The van der Waals surface area contributed by atoms with E-state index in [0.29, 0.717) is 51.8 Å². The van der Waals surface area contributed by atoms with Gasteiger partial charge in [0.1, 0.15) is 11.3 Å². The highest BCUT2D eigenvalue weighted by Gasteiger charge is 2.23. The molecule has 0 spiro atoms. The molecule has 39 heavy (non-hydrogen) atoms. The van der Waals surface area contributed by atoms with Crippen LogP contribution < -0.4 is 25.1 Å². The lowest BCUT2D eigenvalue weighted by Crippen LogP contribution is -2.31. The fourth-order valence-corrected chi connectivity index (χ4v) is 4.99. The Kier molecular flexibility index (Phi) is 7.17. The van der Waals surface area contributed by atoms with Gasteiger partial charge in [0.25, 0.3) is 11.5 Å². The van der Waals surface area contributed by atoms with Crippen LogP contribution >= 0.6 is 11.6 Å². The van der Waals surface area contributed by atoms with Gasteiger partial charge in [0.15, 0.2) is 17.2 Å². The van der Waals surface area contributed by atoms with E-state index in [9.17, 15) is 9.59 Å². The highest BCUT2D eigenvalue weighted by Crippen LogP contribution is 2.30. The van der Waals surface area contributed by atoms with E-state index >= 15 is 0 Å². The third kappa shape index (κ3) is 4.66. The largest absolute Gasteiger partial charge is 0.495 e. The Balaban J connectivity index is 1.57. The number of carbonyl (C=O) groups is 1. The molecule has 2 heterocycles. The van der Waals surface area contributed by atoms with Gasteiger partial charge in [0.2, 0.25) is 0 Å². The van der Waals surface area contributed by atoms with E-state index in [2.05, 4.69) is 10.4 Å². The summed E-state index contributed by atoms with van der Waals surface area (Å²) in [4.78, 5) is 27.3. The standard InChI is InChI=1S/C29H27ClN4O5/c1-33-21-8-6-5-7-19(21)25-26(28(35)31-14-13-17-9-11-23(38-3)24(15-17)39-4)32-34(29(36)27(25)33)18-10-12-22(37-2)20(30)16-18/h5-12,15-16H,13-14H2,1-4H3,(H,31,35). The first-order valence-electron chi connectivity index (χ1n) is 12.2. The number of fused-ring (bicyclic) bond motifs is 3. The molecular formula is C29H27ClN4O5. The summed E-state index contributed by atoms with van der Waals surface area (Å²) in [7, 11) is 6.47. The monoisotopic (exact) mass is 546 g/mol. The number of halogens is 1. The highest BCUT2D eigenvalue weighted by atomic mass is 35.5. The Morgan fingerprint density at radius 1 is 0.949 bits per heavy atom. The first-order valence-corrected chi connectivity index (χ1v) is 12.6. The molecule has 0 aliphatic rings. The van der Waals surface area contributed by atoms with E-state index in [4.69, 9.17) is 25.8 Å². The zero-order valence-electron chi connectivity index (χ0n) is 21.9. The summed E-state index contributed by atoms with van der Waals surface area (Å²) in [5, 5.41) is 9.10. The lowest BCUT2D eigenvalue weighted by molar-refractivity contribution is 0.0949. The highest BCUT2D eigenvalue weighted by molar-refractivity contribution is 6.32. The summed E-state index contributed by atoms with van der Waals surface area (Å²) < 4.78 is 18.9. The summed E-state index contributed by atoms with van der Waals surface area (Å²) in [5.74, 6) is 1.32. The van der Waals surface area contributed by atoms with E-state index in [-0.39, 0.29) is 11.3 Å². The molecule has 2 aromatic heterocycles. The molecule has 10 heteroatoms. The van der Waals surface area contributed by atoms with Gasteiger partial charge in [-0.2, -0.15) is 9.78 Å². The number of benzene rings is 3. The van der Waals surface area contributed by atoms with Gasteiger partial charge in [-0.1, -0.05) is 35.9 Å². The Morgan fingerprint density at radius 3 is 2.38 bits per heavy atom. The normalized spacial score (nSPS) is 11.1. The van der Waals surface area contributed by atoms with Gasteiger partial charge in [-0.15, -0.1) is 0 Å². The molecule has 0 fully saturated rings. The van der Waals surface area contributed by atoms with Crippen LogP contribution in [0.15, 0.2) is 65.5 Å². The van der Waals surface area contributed by atoms with E-state index in [1.165, 1.54) is 11.8 Å². The van der Waals surface area contributed by atoms with Crippen molar-refractivity contribution in [3.63, 3.8) is 0 Å². The lowest BCUT2D eigenvalue weighted by Gasteiger charge is -2.12. The molecule has 1 amide bonds. The molecule has 0 atom stereocenters. The second kappa shape index (κ2) is 10.7. The number of aromatic nitrogens is 3. The number of ether oxygens (including phenoxy) is 3. The van der Waals surface area contributed by atoms with Crippen LogP contribution in [0.4, 0.5) is 0 Å². The quantitative estimate of drug-likeness (QED) is 0.307. The number of rotatable bonds is 8. The van der Waals surface area contributed by atoms with E-state index < -0.39 is 5.91 Å². The van der Waals surface area contributed by atoms with Gasteiger partial charge >= 0.3 is 0 Å². The van der Waals surface area contributed by atoms with Crippen LogP contribution in [0.1, 0.15) is 16.1 Å². The molecule has 0 bridgehead atoms. The summed E-state index contributed by atoms with van der Waals surface area (Å²) in [6.45, 7) is 0.343. The Bertz CT molecular complexity index is 1780. The maximum absolute atomic E-state index is 13.7. The molecule has 0 aliphatic heterocycles. The molecule has 1 N–H and O–H groups in total. The van der Waals surface area contributed by atoms with Crippen molar-refractivity contribution in [1.29, 1.82) is 0 Å². The van der Waals surface area contributed by atoms with Gasteiger partial charge in [-0.05, 0) is 48.4 Å². The van der Waals surface area contributed by atoms with Gasteiger partial charge < -0.3 is 24.1 Å². The SMILES string of the molecule is COc1ccc(-n2nc(C(=O)NCCc3ccc(OC)c(OC)c3)c3c4ccccc4n(C)c3c2=O)cc1Cl. The van der Waals surface area contributed by atoms with Crippen LogP contribution in [0.5, 0.6) is 17.2 Å². The summed E-state index contributed by atoms with van der Waals surface area (Å²) in [6, 6.07) is 18.1. The van der Waals surface area contributed by atoms with Gasteiger partial charge in [0.05, 0.1) is 32.0 Å². The van der Waals surface area contributed by atoms with Crippen molar-refractivity contribution in [3.8, 4) is 22.9 Å². The Hall–Kier alpha value is -4.50. The first kappa shape index (κ1) is 26.1. The van der Waals surface area contributed by atoms with Gasteiger partial charge in [0, 0.05) is 29.9 Å². The van der Waals surface area contributed by atoms with Crippen molar-refractivity contribution in [2.24, 2.45) is 7.05 Å². The van der Waals surface area contributed by atoms with E-state index in [1.807, 2.05) is 42.5 Å². The smallest absolute Gasteiger partial charge is 0.296 e. The van der Waals surface area contributed by atoms with Crippen molar-refractivity contribution in [2.45, 2.75) is 6.42 Å². The summed E-state index contributed by atoms with van der Waals surface area (Å²) >= 11 is 6.35. The van der Waals surface area contributed by atoms with Gasteiger partial charge in [-0.25, -0.2) is 0 Å². The molecule has 3 aromatic carbocycles. The number of para-hydroxylation sites is 1. The molecule has 0 aliphatic carbocycles. The number of methoxy groups -OCH3 is 3. The maximum Gasteiger partial charge on any atom is 0.296 e. The maximum atomic E-state index is 13.7. The molecule has 5 aromatic rings. The minimum atomic E-state index is -0.398. The predicted molar refractivity (Wildman–Crippen MR) is 151 cm³/mol. The first-order chi connectivity index (χ1) is 18.9. The molecule has 9 nitrogen and oxygen atoms in total. The molecule has 200 valence electrons. The molecule has 0 radical (unpaired) electrons. The zero-order valence-corrected chi connectivity index (χ0v) is 22.7. The van der Waals surface area contributed by atoms with Crippen molar-refractivity contribution >= 4 is 39.3 Å². The zero-order chi connectivity index (χ0) is 27.7. The molecule has 0 saturated heterocycles. The van der Waals surface area contributed by atoms with Crippen LogP contribution in [-0.2, 0) is 13.5 Å². The number of nitrogens with zero attached hydrogens (tertiary/aromatic N) is 3. The topological polar surface area (TPSA) is 96.6 Å². The minimum absolute atomic E-state index is 0.139. The third-order valence-electron chi connectivity index (χ3n) is 6.68. The minimum Gasteiger partial charge on any atom is -0.495 e. The van der Waals surface area contributed by atoms with E-state index in [1.54, 1.807) is 44.0 Å². The molecule has 5 rings (SSSR count). The lowest BCUT2D eigenvalue weighted by atomic mass is 10.1. The van der Waals surface area contributed by atoms with Crippen LogP contribution in [0, 0.1) is 0 Å². The number of carbonyl (C=O) groups excluding carboxylic acids is 1. The van der Waals surface area contributed by atoms with Crippen LogP contribution in [0.3, 0.4) is 0 Å². The predicted octanol–water partition coefficient (Wildman–Crippen LogP) is 4.53. The van der Waals surface area contributed by atoms with Crippen LogP contribution in [0.25, 0.3) is 27.5 Å². The number of amides is 1. The third-order valence-corrected chi connectivity index (χ3v) is 6.98. The van der Waals surface area contributed by atoms with Crippen molar-refractivity contribution < 1.29 is 19.0 Å². The number of hydrogen-bond acceptors (Lipinski definition) is 6. The van der Waals surface area contributed by atoms with E-state index in [0.717, 1.165) is 16.5 Å². The average molecular weight is 547 g/mol. The Morgan fingerprint density at radius 2 is 1.67 bits per heavy atom. The molecule has 0 unspecified atom stereocenters. The fraction of sp³-hybridized carbons (Fsp3) is 0.207. The van der Waals surface area contributed by atoms with Crippen LogP contribution in [0.2, 0.25) is 5.02 Å².